The van der Waals surface area contributed by atoms with Gasteiger partial charge in [0.05, 0.1) is 12.8 Å². The minimum absolute atomic E-state index is 0.388. The minimum Gasteiger partial charge on any atom is -0.497 e. The maximum atomic E-state index is 11.6. The third kappa shape index (κ3) is 2.36. The zero-order valence-electron chi connectivity index (χ0n) is 10.9. The maximum Gasteiger partial charge on any atom is 0.338 e. The van der Waals surface area contributed by atoms with E-state index in [9.17, 15) is 4.79 Å². The molecule has 0 aliphatic heterocycles. The molecule has 4 nitrogen and oxygen atoms in total. The topological polar surface area (TPSA) is 51.5 Å². The first-order chi connectivity index (χ1) is 9.76. The fourth-order valence-electron chi connectivity index (χ4n) is 2.05. The number of hydrogen-bond donors (Lipinski definition) is 1. The van der Waals surface area contributed by atoms with Gasteiger partial charge in [-0.3, -0.25) is 0 Å². The van der Waals surface area contributed by atoms with E-state index in [2.05, 4.69) is 5.32 Å². The number of methoxy groups -OCH3 is 1. The minimum atomic E-state index is -0.388. The van der Waals surface area contributed by atoms with Crippen LogP contribution in [0.25, 0.3) is 11.0 Å². The zero-order valence-corrected chi connectivity index (χ0v) is 10.9. The van der Waals surface area contributed by atoms with Gasteiger partial charge in [-0.1, -0.05) is 18.2 Å². The fraction of sp³-hybridized carbons (Fsp3) is 0.0625. The SMILES string of the molecule is COc1ccc2oc(=O)cc(Nc3ccccc3)c2c1. The highest BCUT2D eigenvalue weighted by Crippen LogP contribution is 2.28. The predicted molar refractivity (Wildman–Crippen MR) is 78.8 cm³/mol. The van der Waals surface area contributed by atoms with Crippen molar-refractivity contribution in [2.45, 2.75) is 0 Å². The molecule has 1 N–H and O–H groups in total. The van der Waals surface area contributed by atoms with Crippen molar-refractivity contribution in [3.05, 3.63) is 65.0 Å². The number of fused-ring (bicyclic) bond motifs is 1. The van der Waals surface area contributed by atoms with Gasteiger partial charge in [0.2, 0.25) is 0 Å². The van der Waals surface area contributed by atoms with Crippen molar-refractivity contribution in [3.8, 4) is 5.75 Å². The first-order valence-electron chi connectivity index (χ1n) is 6.20. The molecule has 0 radical (unpaired) electrons. The summed E-state index contributed by atoms with van der Waals surface area (Å²) in [7, 11) is 1.60. The van der Waals surface area contributed by atoms with E-state index in [1.54, 1.807) is 19.2 Å². The first kappa shape index (κ1) is 12.3. The molecular formula is C16H13NO3. The Labute approximate surface area is 115 Å². The number of para-hydroxylation sites is 1. The van der Waals surface area contributed by atoms with Crippen molar-refractivity contribution in [2.75, 3.05) is 12.4 Å². The van der Waals surface area contributed by atoms with Crippen molar-refractivity contribution >= 4 is 22.3 Å². The quantitative estimate of drug-likeness (QED) is 0.737. The lowest BCUT2D eigenvalue weighted by Gasteiger charge is -2.09. The molecule has 4 heteroatoms. The number of benzene rings is 2. The number of anilines is 2. The Hall–Kier alpha value is -2.75. The van der Waals surface area contributed by atoms with Crippen molar-refractivity contribution in [3.63, 3.8) is 0 Å². The Bertz CT molecular complexity index is 794. The first-order valence-corrected chi connectivity index (χ1v) is 6.20. The van der Waals surface area contributed by atoms with Gasteiger partial charge in [-0.15, -0.1) is 0 Å². The van der Waals surface area contributed by atoms with Crippen LogP contribution in [-0.2, 0) is 0 Å². The monoisotopic (exact) mass is 267 g/mol. The van der Waals surface area contributed by atoms with Crippen LogP contribution in [0.15, 0.2) is 63.8 Å². The Kier molecular flexibility index (Phi) is 3.13. The van der Waals surface area contributed by atoms with Crippen molar-refractivity contribution in [1.82, 2.24) is 0 Å². The van der Waals surface area contributed by atoms with E-state index >= 15 is 0 Å². The highest BCUT2D eigenvalue weighted by atomic mass is 16.5. The van der Waals surface area contributed by atoms with Crippen LogP contribution in [0.4, 0.5) is 11.4 Å². The summed E-state index contributed by atoms with van der Waals surface area (Å²) in [5, 5.41) is 4.02. The standard InChI is InChI=1S/C16H13NO3/c1-19-12-7-8-15-13(9-12)14(10-16(18)20-15)17-11-5-3-2-4-6-11/h2-10,17H,1H3. The molecule has 100 valence electrons. The predicted octanol–water partition coefficient (Wildman–Crippen LogP) is 3.55. The summed E-state index contributed by atoms with van der Waals surface area (Å²) in [6.07, 6.45) is 0. The van der Waals surface area contributed by atoms with Crippen LogP contribution in [0.2, 0.25) is 0 Å². The fourth-order valence-corrected chi connectivity index (χ4v) is 2.05. The average molecular weight is 267 g/mol. The molecule has 0 fully saturated rings. The molecule has 0 saturated heterocycles. The third-order valence-electron chi connectivity index (χ3n) is 3.00. The second-order valence-corrected chi connectivity index (χ2v) is 4.33. The van der Waals surface area contributed by atoms with Crippen LogP contribution in [0.3, 0.4) is 0 Å². The summed E-state index contributed by atoms with van der Waals surface area (Å²) >= 11 is 0. The summed E-state index contributed by atoms with van der Waals surface area (Å²) in [6, 6.07) is 16.4. The van der Waals surface area contributed by atoms with Gasteiger partial charge in [-0.05, 0) is 30.3 Å². The third-order valence-corrected chi connectivity index (χ3v) is 3.00. The molecule has 1 heterocycles. The van der Waals surface area contributed by atoms with Crippen LogP contribution in [0.5, 0.6) is 5.75 Å². The summed E-state index contributed by atoms with van der Waals surface area (Å²) in [5.74, 6) is 0.711. The average Bonchev–Trinajstić information content (AvgIpc) is 2.48. The van der Waals surface area contributed by atoms with Crippen molar-refractivity contribution in [2.24, 2.45) is 0 Å². The Morgan fingerprint density at radius 2 is 1.85 bits per heavy atom. The summed E-state index contributed by atoms with van der Waals surface area (Å²) in [4.78, 5) is 11.6. The largest absolute Gasteiger partial charge is 0.497 e. The molecule has 0 spiro atoms. The van der Waals surface area contributed by atoms with Gasteiger partial charge in [0, 0.05) is 17.1 Å². The Morgan fingerprint density at radius 3 is 2.60 bits per heavy atom. The van der Waals surface area contributed by atoms with Gasteiger partial charge in [0.1, 0.15) is 11.3 Å². The molecule has 0 saturated carbocycles. The molecule has 0 aliphatic rings. The Balaban J connectivity index is 2.15. The molecule has 1 aromatic heterocycles. The molecule has 3 aromatic rings. The van der Waals surface area contributed by atoms with E-state index in [1.807, 2.05) is 36.4 Å². The number of hydrogen-bond acceptors (Lipinski definition) is 4. The molecule has 0 atom stereocenters. The highest BCUT2D eigenvalue weighted by molar-refractivity contribution is 5.92. The number of nitrogens with one attached hydrogen (secondary N) is 1. The normalized spacial score (nSPS) is 10.4. The lowest BCUT2D eigenvalue weighted by molar-refractivity contribution is 0.415. The van der Waals surface area contributed by atoms with Gasteiger partial charge < -0.3 is 14.5 Å². The molecule has 2 aromatic carbocycles. The van der Waals surface area contributed by atoms with Gasteiger partial charge in [0.15, 0.2) is 0 Å². The van der Waals surface area contributed by atoms with Crippen LogP contribution in [0, 0.1) is 0 Å². The number of rotatable bonds is 3. The Morgan fingerprint density at radius 1 is 1.05 bits per heavy atom. The van der Waals surface area contributed by atoms with E-state index in [1.165, 1.54) is 6.07 Å². The van der Waals surface area contributed by atoms with Crippen molar-refractivity contribution in [1.29, 1.82) is 0 Å². The van der Waals surface area contributed by atoms with Crippen molar-refractivity contribution < 1.29 is 9.15 Å². The van der Waals surface area contributed by atoms with E-state index in [4.69, 9.17) is 9.15 Å². The van der Waals surface area contributed by atoms with E-state index < -0.39 is 0 Å². The lowest BCUT2D eigenvalue weighted by Crippen LogP contribution is -2.01. The summed E-state index contributed by atoms with van der Waals surface area (Å²) < 4.78 is 10.4. The van der Waals surface area contributed by atoms with E-state index in [-0.39, 0.29) is 5.63 Å². The lowest BCUT2D eigenvalue weighted by atomic mass is 10.2. The number of ether oxygens (including phenoxy) is 1. The summed E-state index contributed by atoms with van der Waals surface area (Å²) in [6.45, 7) is 0. The molecule has 0 bridgehead atoms. The molecule has 0 unspecified atom stereocenters. The zero-order chi connectivity index (χ0) is 13.9. The molecule has 20 heavy (non-hydrogen) atoms. The van der Waals surface area contributed by atoms with Gasteiger partial charge in [-0.2, -0.15) is 0 Å². The second kappa shape index (κ2) is 5.09. The summed E-state index contributed by atoms with van der Waals surface area (Å²) in [5.41, 5.74) is 1.74. The maximum absolute atomic E-state index is 11.6. The molecule has 0 aliphatic carbocycles. The van der Waals surface area contributed by atoms with Crippen LogP contribution in [0.1, 0.15) is 0 Å². The van der Waals surface area contributed by atoms with E-state index in [0.717, 1.165) is 11.1 Å². The van der Waals surface area contributed by atoms with Gasteiger partial charge >= 0.3 is 5.63 Å². The van der Waals surface area contributed by atoms with Gasteiger partial charge in [0.25, 0.3) is 0 Å². The second-order valence-electron chi connectivity index (χ2n) is 4.33. The highest BCUT2D eigenvalue weighted by Gasteiger charge is 2.07. The smallest absolute Gasteiger partial charge is 0.338 e. The molecular weight excluding hydrogens is 254 g/mol. The van der Waals surface area contributed by atoms with Crippen LogP contribution >= 0.6 is 0 Å². The van der Waals surface area contributed by atoms with Crippen LogP contribution in [-0.4, -0.2) is 7.11 Å². The van der Waals surface area contributed by atoms with E-state index in [0.29, 0.717) is 17.0 Å². The molecule has 0 amide bonds. The van der Waals surface area contributed by atoms with Gasteiger partial charge in [-0.25, -0.2) is 4.79 Å². The van der Waals surface area contributed by atoms with Crippen LogP contribution < -0.4 is 15.7 Å². The molecule has 3 rings (SSSR count).